The highest BCUT2D eigenvalue weighted by Crippen LogP contribution is 2.24. The molecule has 3 heterocycles. The maximum Gasteiger partial charge on any atom is 0.276 e. The normalized spacial score (nSPS) is 18.1. The molecule has 0 spiro atoms. The standard InChI is InChI=1S/C16H19N3O2/c1-12-11-21-18-15(12)16(20)19-10-4-6-14(19)8-7-13-5-2-3-9-17-13/h2-3,5,9,11,14H,4,6-8,10H2,1H3/t14-/m1/s1. The molecule has 0 aromatic carbocycles. The van der Waals surface area contributed by atoms with Gasteiger partial charge in [0.25, 0.3) is 5.91 Å². The SMILES string of the molecule is Cc1conc1C(=O)N1CCC[C@@H]1CCc1ccccn1. The zero-order valence-electron chi connectivity index (χ0n) is 12.2. The van der Waals surface area contributed by atoms with E-state index >= 15 is 0 Å². The van der Waals surface area contributed by atoms with Crippen LogP contribution in [0.25, 0.3) is 0 Å². The third kappa shape index (κ3) is 2.96. The van der Waals surface area contributed by atoms with Gasteiger partial charge >= 0.3 is 0 Å². The van der Waals surface area contributed by atoms with E-state index in [1.54, 1.807) is 0 Å². The molecule has 2 aromatic heterocycles. The van der Waals surface area contributed by atoms with Gasteiger partial charge in [0.15, 0.2) is 5.69 Å². The Bertz CT molecular complexity index is 609. The van der Waals surface area contributed by atoms with Gasteiger partial charge in [0.05, 0.1) is 0 Å². The Morgan fingerprint density at radius 2 is 2.38 bits per heavy atom. The molecule has 1 fully saturated rings. The number of pyridine rings is 1. The van der Waals surface area contributed by atoms with Gasteiger partial charge in [-0.3, -0.25) is 9.78 Å². The van der Waals surface area contributed by atoms with Gasteiger partial charge in [-0.25, -0.2) is 0 Å². The first kappa shape index (κ1) is 13.8. The van der Waals surface area contributed by atoms with Crippen molar-refractivity contribution >= 4 is 5.91 Å². The number of carbonyl (C=O) groups is 1. The van der Waals surface area contributed by atoms with E-state index in [1.165, 1.54) is 6.26 Å². The summed E-state index contributed by atoms with van der Waals surface area (Å²) in [6.07, 6.45) is 7.27. The summed E-state index contributed by atoms with van der Waals surface area (Å²) in [4.78, 5) is 18.8. The first-order valence-corrected chi connectivity index (χ1v) is 7.37. The molecule has 1 atom stereocenters. The highest BCUT2D eigenvalue weighted by molar-refractivity contribution is 5.93. The van der Waals surface area contributed by atoms with Gasteiger partial charge in [-0.2, -0.15) is 0 Å². The summed E-state index contributed by atoms with van der Waals surface area (Å²) in [5.41, 5.74) is 2.32. The van der Waals surface area contributed by atoms with Crippen LogP contribution < -0.4 is 0 Å². The minimum Gasteiger partial charge on any atom is -0.364 e. The maximum absolute atomic E-state index is 12.5. The first-order chi connectivity index (χ1) is 10.3. The van der Waals surface area contributed by atoms with Crippen LogP contribution in [0.15, 0.2) is 35.2 Å². The minimum atomic E-state index is -0.00947. The summed E-state index contributed by atoms with van der Waals surface area (Å²) in [6.45, 7) is 2.65. The lowest BCUT2D eigenvalue weighted by Gasteiger charge is -2.24. The van der Waals surface area contributed by atoms with Gasteiger partial charge in [-0.1, -0.05) is 11.2 Å². The van der Waals surface area contributed by atoms with E-state index in [-0.39, 0.29) is 11.9 Å². The Morgan fingerprint density at radius 3 is 3.10 bits per heavy atom. The van der Waals surface area contributed by atoms with E-state index in [4.69, 9.17) is 4.52 Å². The lowest BCUT2D eigenvalue weighted by atomic mass is 10.1. The Hall–Kier alpha value is -2.17. The van der Waals surface area contributed by atoms with Crippen LogP contribution in [0.3, 0.4) is 0 Å². The third-order valence-corrected chi connectivity index (χ3v) is 4.05. The number of rotatable bonds is 4. The van der Waals surface area contributed by atoms with E-state index in [1.807, 2.05) is 36.2 Å². The fraction of sp³-hybridized carbons (Fsp3) is 0.438. The van der Waals surface area contributed by atoms with Gasteiger partial charge in [-0.15, -0.1) is 0 Å². The molecule has 1 amide bonds. The zero-order valence-corrected chi connectivity index (χ0v) is 12.2. The molecule has 0 aliphatic carbocycles. The summed E-state index contributed by atoms with van der Waals surface area (Å²) >= 11 is 0. The molecule has 21 heavy (non-hydrogen) atoms. The summed E-state index contributed by atoms with van der Waals surface area (Å²) in [5.74, 6) is -0.00947. The molecule has 0 bridgehead atoms. The van der Waals surface area contributed by atoms with E-state index < -0.39 is 0 Å². The number of nitrogens with zero attached hydrogens (tertiary/aromatic N) is 3. The van der Waals surface area contributed by atoms with Crippen molar-refractivity contribution in [2.24, 2.45) is 0 Å². The fourth-order valence-electron chi connectivity index (χ4n) is 2.89. The van der Waals surface area contributed by atoms with Gasteiger partial charge < -0.3 is 9.42 Å². The second-order valence-electron chi connectivity index (χ2n) is 5.50. The average Bonchev–Trinajstić information content (AvgIpc) is 3.14. The second kappa shape index (κ2) is 6.08. The molecule has 1 aliphatic heterocycles. The Kier molecular flexibility index (Phi) is 3.99. The van der Waals surface area contributed by atoms with E-state index in [9.17, 15) is 4.79 Å². The van der Waals surface area contributed by atoms with E-state index in [0.717, 1.165) is 43.5 Å². The van der Waals surface area contributed by atoms with Gasteiger partial charge in [0, 0.05) is 30.0 Å². The molecule has 1 aliphatic rings. The molecule has 0 N–H and O–H groups in total. The average molecular weight is 285 g/mol. The van der Waals surface area contributed by atoms with Gasteiger partial charge in [-0.05, 0) is 44.7 Å². The fourth-order valence-corrected chi connectivity index (χ4v) is 2.89. The number of hydrogen-bond donors (Lipinski definition) is 0. The van der Waals surface area contributed by atoms with Crippen molar-refractivity contribution in [3.05, 3.63) is 47.6 Å². The highest BCUT2D eigenvalue weighted by Gasteiger charge is 2.31. The van der Waals surface area contributed by atoms with Crippen molar-refractivity contribution in [3.8, 4) is 0 Å². The van der Waals surface area contributed by atoms with Crippen LogP contribution in [0.4, 0.5) is 0 Å². The van der Waals surface area contributed by atoms with Crippen LogP contribution in [-0.4, -0.2) is 33.5 Å². The third-order valence-electron chi connectivity index (χ3n) is 4.05. The van der Waals surface area contributed by atoms with Crippen LogP contribution >= 0.6 is 0 Å². The van der Waals surface area contributed by atoms with Crippen LogP contribution in [0.5, 0.6) is 0 Å². The van der Waals surface area contributed by atoms with Crippen LogP contribution in [-0.2, 0) is 6.42 Å². The number of amides is 1. The van der Waals surface area contributed by atoms with Crippen molar-refractivity contribution in [3.63, 3.8) is 0 Å². The topological polar surface area (TPSA) is 59.2 Å². The number of likely N-dealkylation sites (tertiary alicyclic amines) is 1. The predicted octanol–water partition coefficient (Wildman–Crippen LogP) is 2.62. The molecule has 5 nitrogen and oxygen atoms in total. The van der Waals surface area contributed by atoms with Crippen molar-refractivity contribution in [1.29, 1.82) is 0 Å². The molecule has 0 radical (unpaired) electrons. The van der Waals surface area contributed by atoms with Crippen LogP contribution in [0.2, 0.25) is 0 Å². The maximum atomic E-state index is 12.5. The van der Waals surface area contributed by atoms with Gasteiger partial charge in [0.1, 0.15) is 6.26 Å². The molecule has 5 heteroatoms. The lowest BCUT2D eigenvalue weighted by molar-refractivity contribution is 0.0719. The number of aryl methyl sites for hydroxylation is 2. The molecule has 3 rings (SSSR count). The summed E-state index contributed by atoms with van der Waals surface area (Å²) < 4.78 is 4.88. The molecule has 1 saturated heterocycles. The van der Waals surface area contributed by atoms with Crippen molar-refractivity contribution in [2.75, 3.05) is 6.54 Å². The zero-order chi connectivity index (χ0) is 14.7. The van der Waals surface area contributed by atoms with Gasteiger partial charge in [0.2, 0.25) is 0 Å². The summed E-state index contributed by atoms with van der Waals surface area (Å²) in [7, 11) is 0. The largest absolute Gasteiger partial charge is 0.364 e. The van der Waals surface area contributed by atoms with Crippen molar-refractivity contribution < 1.29 is 9.32 Å². The quantitative estimate of drug-likeness (QED) is 0.866. The lowest BCUT2D eigenvalue weighted by Crippen LogP contribution is -2.36. The number of carbonyl (C=O) groups excluding carboxylic acids is 1. The summed E-state index contributed by atoms with van der Waals surface area (Å²) in [6, 6.07) is 6.22. The molecule has 0 saturated carbocycles. The first-order valence-electron chi connectivity index (χ1n) is 7.37. The smallest absolute Gasteiger partial charge is 0.276 e. The molecular formula is C16H19N3O2. The predicted molar refractivity (Wildman–Crippen MR) is 77.9 cm³/mol. The Labute approximate surface area is 124 Å². The number of aromatic nitrogens is 2. The molecular weight excluding hydrogens is 266 g/mol. The van der Waals surface area contributed by atoms with Crippen LogP contribution in [0.1, 0.15) is 41.0 Å². The molecule has 0 unspecified atom stereocenters. The molecule has 110 valence electrons. The Morgan fingerprint density at radius 1 is 1.48 bits per heavy atom. The minimum absolute atomic E-state index is 0.00947. The highest BCUT2D eigenvalue weighted by atomic mass is 16.5. The molecule has 2 aromatic rings. The van der Waals surface area contributed by atoms with E-state index in [0.29, 0.717) is 5.69 Å². The second-order valence-corrected chi connectivity index (χ2v) is 5.50. The van der Waals surface area contributed by atoms with Crippen molar-refractivity contribution in [1.82, 2.24) is 15.0 Å². The monoisotopic (exact) mass is 285 g/mol. The number of hydrogen-bond acceptors (Lipinski definition) is 4. The van der Waals surface area contributed by atoms with Crippen molar-refractivity contribution in [2.45, 2.75) is 38.6 Å². The summed E-state index contributed by atoms with van der Waals surface area (Å²) in [5, 5.41) is 3.83. The van der Waals surface area contributed by atoms with E-state index in [2.05, 4.69) is 10.1 Å². The Balaban J connectivity index is 1.65. The van der Waals surface area contributed by atoms with Crippen LogP contribution in [0, 0.1) is 6.92 Å².